The second-order valence-electron chi connectivity index (χ2n) is 4.89. The molecule has 4 heteroatoms. The van der Waals surface area contributed by atoms with Crippen molar-refractivity contribution in [2.75, 3.05) is 6.61 Å². The van der Waals surface area contributed by atoms with Gasteiger partial charge in [-0.2, -0.15) is 0 Å². The summed E-state index contributed by atoms with van der Waals surface area (Å²) in [5.41, 5.74) is 3.89. The Kier molecular flexibility index (Phi) is 3.44. The Hall–Kier alpha value is -2.62. The van der Waals surface area contributed by atoms with E-state index in [0.717, 1.165) is 33.1 Å². The van der Waals surface area contributed by atoms with E-state index in [-0.39, 0.29) is 5.97 Å². The van der Waals surface area contributed by atoms with E-state index >= 15 is 0 Å². The van der Waals surface area contributed by atoms with Crippen molar-refractivity contribution in [1.82, 2.24) is 9.97 Å². The van der Waals surface area contributed by atoms with E-state index in [1.54, 1.807) is 13.0 Å². The molecule has 3 aromatic rings. The lowest BCUT2D eigenvalue weighted by atomic mass is 10.1. The number of benzene rings is 1. The summed E-state index contributed by atoms with van der Waals surface area (Å²) in [6.45, 7) is 4.19. The number of carbonyl (C=O) groups is 1. The third-order valence-corrected chi connectivity index (χ3v) is 3.34. The zero-order valence-corrected chi connectivity index (χ0v) is 12.0. The second-order valence-corrected chi connectivity index (χ2v) is 4.89. The maximum absolute atomic E-state index is 11.4. The molecule has 2 aromatic heterocycles. The van der Waals surface area contributed by atoms with Crippen molar-refractivity contribution in [1.29, 1.82) is 0 Å². The van der Waals surface area contributed by atoms with Crippen molar-refractivity contribution in [3.63, 3.8) is 0 Å². The molecule has 0 radical (unpaired) electrons. The number of nitrogens with zero attached hydrogens (tertiary/aromatic N) is 1. The molecule has 0 saturated heterocycles. The number of carbonyl (C=O) groups excluding carboxylic acids is 1. The quantitative estimate of drug-likeness (QED) is 0.589. The van der Waals surface area contributed by atoms with Gasteiger partial charge in [0, 0.05) is 23.0 Å². The molecule has 0 atom stereocenters. The van der Waals surface area contributed by atoms with Crippen LogP contribution >= 0.6 is 0 Å². The fourth-order valence-electron chi connectivity index (χ4n) is 2.41. The van der Waals surface area contributed by atoms with E-state index in [1.165, 1.54) is 6.08 Å². The van der Waals surface area contributed by atoms with Crippen LogP contribution in [0.25, 0.3) is 28.0 Å². The summed E-state index contributed by atoms with van der Waals surface area (Å²) in [5, 5.41) is 2.20. The summed E-state index contributed by atoms with van der Waals surface area (Å²) in [6.07, 6.45) is 5.05. The van der Waals surface area contributed by atoms with Gasteiger partial charge >= 0.3 is 5.97 Å². The van der Waals surface area contributed by atoms with Gasteiger partial charge in [0.25, 0.3) is 0 Å². The van der Waals surface area contributed by atoms with E-state index in [1.807, 2.05) is 25.3 Å². The first-order valence-electron chi connectivity index (χ1n) is 6.91. The molecular formula is C17H16N2O2. The molecule has 0 spiro atoms. The van der Waals surface area contributed by atoms with Crippen molar-refractivity contribution < 1.29 is 9.53 Å². The molecular weight excluding hydrogens is 264 g/mol. The van der Waals surface area contributed by atoms with E-state index in [9.17, 15) is 4.79 Å². The highest BCUT2D eigenvalue weighted by Gasteiger charge is 2.07. The Morgan fingerprint density at radius 1 is 1.38 bits per heavy atom. The molecule has 0 aliphatic carbocycles. The maximum atomic E-state index is 11.4. The largest absolute Gasteiger partial charge is 0.463 e. The van der Waals surface area contributed by atoms with Crippen molar-refractivity contribution in [3.05, 3.63) is 47.7 Å². The minimum atomic E-state index is -0.334. The molecule has 3 rings (SSSR count). The molecule has 0 amide bonds. The zero-order valence-electron chi connectivity index (χ0n) is 12.0. The first-order valence-corrected chi connectivity index (χ1v) is 6.91. The van der Waals surface area contributed by atoms with Crippen LogP contribution in [0, 0.1) is 6.92 Å². The highest BCUT2D eigenvalue weighted by Crippen LogP contribution is 2.27. The van der Waals surface area contributed by atoms with Gasteiger partial charge in [0.2, 0.25) is 0 Å². The molecule has 0 aliphatic heterocycles. The van der Waals surface area contributed by atoms with Crippen LogP contribution in [0.3, 0.4) is 0 Å². The van der Waals surface area contributed by atoms with Gasteiger partial charge in [-0.3, -0.25) is 0 Å². The monoisotopic (exact) mass is 280 g/mol. The SMILES string of the molecule is CCOC(=O)/C=C/c1cccc2c1[nH]c1ncc(C)cc12. The van der Waals surface area contributed by atoms with Crippen LogP contribution in [-0.2, 0) is 9.53 Å². The van der Waals surface area contributed by atoms with E-state index < -0.39 is 0 Å². The lowest BCUT2D eigenvalue weighted by Gasteiger charge is -1.98. The summed E-state index contributed by atoms with van der Waals surface area (Å²) >= 11 is 0. The maximum Gasteiger partial charge on any atom is 0.330 e. The highest BCUT2D eigenvalue weighted by molar-refractivity contribution is 6.09. The summed E-state index contributed by atoms with van der Waals surface area (Å²) in [5.74, 6) is -0.334. The molecule has 1 aromatic carbocycles. The number of hydrogen-bond acceptors (Lipinski definition) is 3. The first-order chi connectivity index (χ1) is 10.2. The number of ether oxygens (including phenoxy) is 1. The number of hydrogen-bond donors (Lipinski definition) is 1. The number of para-hydroxylation sites is 1. The highest BCUT2D eigenvalue weighted by atomic mass is 16.5. The fraction of sp³-hybridized carbons (Fsp3) is 0.176. The van der Waals surface area contributed by atoms with Crippen molar-refractivity contribution in [2.24, 2.45) is 0 Å². The predicted octanol–water partition coefficient (Wildman–Crippen LogP) is 3.60. The Bertz CT molecular complexity index is 846. The van der Waals surface area contributed by atoms with E-state index in [4.69, 9.17) is 4.74 Å². The smallest absolute Gasteiger partial charge is 0.330 e. The lowest BCUT2D eigenvalue weighted by molar-refractivity contribution is -0.137. The molecule has 21 heavy (non-hydrogen) atoms. The van der Waals surface area contributed by atoms with Crippen LogP contribution in [-0.4, -0.2) is 22.5 Å². The number of H-pyrrole nitrogens is 1. The normalized spacial score (nSPS) is 11.5. The molecule has 106 valence electrons. The van der Waals surface area contributed by atoms with Gasteiger partial charge in [-0.15, -0.1) is 0 Å². The zero-order chi connectivity index (χ0) is 14.8. The number of pyridine rings is 1. The summed E-state index contributed by atoms with van der Waals surface area (Å²) in [4.78, 5) is 19.2. The summed E-state index contributed by atoms with van der Waals surface area (Å²) < 4.78 is 4.90. The molecule has 0 unspecified atom stereocenters. The Labute approximate surface area is 122 Å². The van der Waals surface area contributed by atoms with E-state index in [0.29, 0.717) is 6.61 Å². The second kappa shape index (κ2) is 5.40. The van der Waals surface area contributed by atoms with Crippen LogP contribution in [0.15, 0.2) is 36.5 Å². The topological polar surface area (TPSA) is 55.0 Å². The Balaban J connectivity index is 2.12. The van der Waals surface area contributed by atoms with Gasteiger partial charge < -0.3 is 9.72 Å². The number of aromatic amines is 1. The van der Waals surface area contributed by atoms with Crippen molar-refractivity contribution in [2.45, 2.75) is 13.8 Å². The van der Waals surface area contributed by atoms with Gasteiger partial charge in [0.1, 0.15) is 5.65 Å². The number of rotatable bonds is 3. The molecule has 0 aliphatic rings. The van der Waals surface area contributed by atoms with Gasteiger partial charge in [-0.25, -0.2) is 9.78 Å². The number of aryl methyl sites for hydroxylation is 1. The van der Waals surface area contributed by atoms with E-state index in [2.05, 4.69) is 22.1 Å². The average molecular weight is 280 g/mol. The summed E-state index contributed by atoms with van der Waals surface area (Å²) in [6, 6.07) is 8.10. The molecule has 0 bridgehead atoms. The fourth-order valence-corrected chi connectivity index (χ4v) is 2.41. The number of esters is 1. The number of nitrogens with one attached hydrogen (secondary N) is 1. The molecule has 1 N–H and O–H groups in total. The van der Waals surface area contributed by atoms with Crippen LogP contribution in [0.2, 0.25) is 0 Å². The van der Waals surface area contributed by atoms with Gasteiger partial charge in [-0.05, 0) is 37.1 Å². The predicted molar refractivity (Wildman–Crippen MR) is 84.0 cm³/mol. The minimum absolute atomic E-state index is 0.334. The minimum Gasteiger partial charge on any atom is -0.463 e. The summed E-state index contributed by atoms with van der Waals surface area (Å²) in [7, 11) is 0. The molecule has 0 fully saturated rings. The van der Waals surface area contributed by atoms with Crippen molar-refractivity contribution >= 4 is 34.0 Å². The third kappa shape index (κ3) is 2.52. The number of aromatic nitrogens is 2. The van der Waals surface area contributed by atoms with Gasteiger partial charge in [-0.1, -0.05) is 18.2 Å². The van der Waals surface area contributed by atoms with Crippen LogP contribution in [0.5, 0.6) is 0 Å². The van der Waals surface area contributed by atoms with Crippen molar-refractivity contribution in [3.8, 4) is 0 Å². The average Bonchev–Trinajstić information content (AvgIpc) is 2.84. The number of fused-ring (bicyclic) bond motifs is 3. The standard InChI is InChI=1S/C17H16N2O2/c1-3-21-15(20)8-7-12-5-4-6-13-14-9-11(2)10-18-17(14)19-16(12)13/h4-10H,3H2,1-2H3,(H,18,19)/b8-7+. The molecule has 2 heterocycles. The van der Waals surface area contributed by atoms with Crippen LogP contribution < -0.4 is 0 Å². The van der Waals surface area contributed by atoms with Crippen LogP contribution in [0.1, 0.15) is 18.1 Å². The lowest BCUT2D eigenvalue weighted by Crippen LogP contribution is -1.98. The van der Waals surface area contributed by atoms with Gasteiger partial charge in [0.15, 0.2) is 0 Å². The molecule has 0 saturated carbocycles. The Morgan fingerprint density at radius 3 is 3.05 bits per heavy atom. The van der Waals surface area contributed by atoms with Gasteiger partial charge in [0.05, 0.1) is 12.1 Å². The molecule has 4 nitrogen and oxygen atoms in total. The Morgan fingerprint density at radius 2 is 2.24 bits per heavy atom. The first kappa shape index (κ1) is 13.4. The van der Waals surface area contributed by atoms with Crippen LogP contribution in [0.4, 0.5) is 0 Å². The third-order valence-electron chi connectivity index (χ3n) is 3.34.